The van der Waals surface area contributed by atoms with Crippen molar-refractivity contribution in [3.05, 3.63) is 58.5 Å². The summed E-state index contributed by atoms with van der Waals surface area (Å²) in [5.74, 6) is 1.58. The molecule has 0 aliphatic carbocycles. The predicted octanol–water partition coefficient (Wildman–Crippen LogP) is 3.67. The summed E-state index contributed by atoms with van der Waals surface area (Å²) in [5.41, 5.74) is -0.153. The van der Waals surface area contributed by atoms with Crippen LogP contribution in [0.1, 0.15) is 25.2 Å². The van der Waals surface area contributed by atoms with Crippen LogP contribution in [0.15, 0.2) is 56.5 Å². The normalized spacial score (nSPS) is 13.7. The molecule has 138 valence electrons. The summed E-state index contributed by atoms with van der Waals surface area (Å²) in [6.07, 6.45) is 0.755. The smallest absolute Gasteiger partial charge is 0.191 e. The SMILES string of the molecule is CCNC(=NCC(C)(O)c1ccccc1)NCCc1ccc(Br)o1.I. The topological polar surface area (TPSA) is 69.8 Å². The van der Waals surface area contributed by atoms with E-state index in [1.54, 1.807) is 6.92 Å². The Morgan fingerprint density at radius 1 is 1.20 bits per heavy atom. The fourth-order valence-corrected chi connectivity index (χ4v) is 2.59. The van der Waals surface area contributed by atoms with Crippen molar-refractivity contribution in [2.75, 3.05) is 19.6 Å². The highest BCUT2D eigenvalue weighted by Crippen LogP contribution is 2.20. The zero-order chi connectivity index (χ0) is 17.4. The van der Waals surface area contributed by atoms with Gasteiger partial charge in [-0.1, -0.05) is 30.3 Å². The summed E-state index contributed by atoms with van der Waals surface area (Å²) >= 11 is 3.30. The average Bonchev–Trinajstić information content (AvgIpc) is 2.99. The molecule has 0 spiro atoms. The lowest BCUT2D eigenvalue weighted by molar-refractivity contribution is 0.0672. The molecule has 7 heteroatoms. The maximum absolute atomic E-state index is 10.6. The van der Waals surface area contributed by atoms with Gasteiger partial charge in [0.1, 0.15) is 11.4 Å². The van der Waals surface area contributed by atoms with E-state index in [4.69, 9.17) is 4.42 Å². The fourth-order valence-electron chi connectivity index (χ4n) is 2.25. The first kappa shape index (κ1) is 22.0. The van der Waals surface area contributed by atoms with E-state index in [9.17, 15) is 5.11 Å². The van der Waals surface area contributed by atoms with Crippen LogP contribution in [-0.2, 0) is 12.0 Å². The lowest BCUT2D eigenvalue weighted by atomic mass is 9.96. The third-order valence-corrected chi connectivity index (χ3v) is 4.00. The minimum absolute atomic E-state index is 0. The molecular weight excluding hydrogens is 497 g/mol. The van der Waals surface area contributed by atoms with Gasteiger partial charge in [0.15, 0.2) is 10.6 Å². The number of rotatable bonds is 7. The molecule has 1 aromatic carbocycles. The standard InChI is InChI=1S/C18H24BrN3O2.HI/c1-3-20-17(21-12-11-15-9-10-16(19)24-15)22-13-18(2,23)14-7-5-4-6-8-14;/h4-10,23H,3,11-13H2,1-2H3,(H2,20,21,22);1H. The lowest BCUT2D eigenvalue weighted by Crippen LogP contribution is -2.39. The number of furan rings is 1. The first-order valence-electron chi connectivity index (χ1n) is 8.05. The van der Waals surface area contributed by atoms with Crippen LogP contribution in [0.3, 0.4) is 0 Å². The summed E-state index contributed by atoms with van der Waals surface area (Å²) < 4.78 is 6.21. The van der Waals surface area contributed by atoms with E-state index in [1.807, 2.05) is 49.4 Å². The highest BCUT2D eigenvalue weighted by molar-refractivity contribution is 14.0. The molecule has 1 atom stereocenters. The van der Waals surface area contributed by atoms with Crippen molar-refractivity contribution < 1.29 is 9.52 Å². The molecule has 1 heterocycles. The molecule has 0 fully saturated rings. The first-order valence-corrected chi connectivity index (χ1v) is 8.85. The van der Waals surface area contributed by atoms with Crippen molar-refractivity contribution in [1.29, 1.82) is 0 Å². The molecule has 2 rings (SSSR count). The molecule has 1 unspecified atom stereocenters. The number of nitrogens with zero attached hydrogens (tertiary/aromatic N) is 1. The van der Waals surface area contributed by atoms with E-state index in [2.05, 4.69) is 31.6 Å². The lowest BCUT2D eigenvalue weighted by Gasteiger charge is -2.22. The molecule has 1 aromatic heterocycles. The van der Waals surface area contributed by atoms with Gasteiger partial charge in [0.2, 0.25) is 0 Å². The molecule has 0 amide bonds. The number of benzene rings is 1. The zero-order valence-electron chi connectivity index (χ0n) is 14.5. The van der Waals surface area contributed by atoms with Crippen molar-refractivity contribution in [2.45, 2.75) is 25.9 Å². The number of hydrogen-bond acceptors (Lipinski definition) is 3. The Bertz CT molecular complexity index is 659. The van der Waals surface area contributed by atoms with Crippen LogP contribution < -0.4 is 10.6 Å². The maximum atomic E-state index is 10.6. The van der Waals surface area contributed by atoms with E-state index in [0.29, 0.717) is 12.5 Å². The van der Waals surface area contributed by atoms with Crippen LogP contribution >= 0.6 is 39.9 Å². The summed E-state index contributed by atoms with van der Waals surface area (Å²) in [4.78, 5) is 4.50. The quantitative estimate of drug-likeness (QED) is 0.295. The molecule has 0 bridgehead atoms. The van der Waals surface area contributed by atoms with E-state index in [1.165, 1.54) is 0 Å². The van der Waals surface area contributed by atoms with Crippen LogP contribution in [0.2, 0.25) is 0 Å². The summed E-state index contributed by atoms with van der Waals surface area (Å²) in [6.45, 7) is 5.51. The van der Waals surface area contributed by atoms with Gasteiger partial charge in [-0.25, -0.2) is 4.99 Å². The van der Waals surface area contributed by atoms with Crippen molar-refractivity contribution in [2.24, 2.45) is 4.99 Å². The molecule has 0 radical (unpaired) electrons. The number of nitrogens with one attached hydrogen (secondary N) is 2. The number of aliphatic hydroxyl groups is 1. The zero-order valence-corrected chi connectivity index (χ0v) is 18.4. The van der Waals surface area contributed by atoms with Crippen molar-refractivity contribution >= 4 is 45.9 Å². The second-order valence-electron chi connectivity index (χ2n) is 5.72. The van der Waals surface area contributed by atoms with E-state index >= 15 is 0 Å². The van der Waals surface area contributed by atoms with Gasteiger partial charge < -0.3 is 20.2 Å². The minimum Gasteiger partial charge on any atom is -0.454 e. The van der Waals surface area contributed by atoms with Gasteiger partial charge in [-0.3, -0.25) is 0 Å². The first-order chi connectivity index (χ1) is 11.5. The maximum Gasteiger partial charge on any atom is 0.191 e. The highest BCUT2D eigenvalue weighted by Gasteiger charge is 2.22. The predicted molar refractivity (Wildman–Crippen MR) is 116 cm³/mol. The highest BCUT2D eigenvalue weighted by atomic mass is 127. The summed E-state index contributed by atoms with van der Waals surface area (Å²) in [5, 5.41) is 17.1. The Morgan fingerprint density at radius 2 is 1.92 bits per heavy atom. The summed E-state index contributed by atoms with van der Waals surface area (Å²) in [7, 11) is 0. The number of hydrogen-bond donors (Lipinski definition) is 3. The molecule has 3 N–H and O–H groups in total. The second-order valence-corrected chi connectivity index (χ2v) is 6.50. The van der Waals surface area contributed by atoms with Crippen molar-refractivity contribution in [1.82, 2.24) is 10.6 Å². The fraction of sp³-hybridized carbons (Fsp3) is 0.389. The van der Waals surface area contributed by atoms with E-state index in [0.717, 1.165) is 29.0 Å². The van der Waals surface area contributed by atoms with Crippen LogP contribution in [0.4, 0.5) is 0 Å². The van der Waals surface area contributed by atoms with Gasteiger partial charge in [-0.05, 0) is 47.5 Å². The molecule has 0 aliphatic heterocycles. The van der Waals surface area contributed by atoms with Crippen LogP contribution in [0.25, 0.3) is 0 Å². The Morgan fingerprint density at radius 3 is 2.52 bits per heavy atom. The molecule has 25 heavy (non-hydrogen) atoms. The van der Waals surface area contributed by atoms with E-state index < -0.39 is 5.60 Å². The van der Waals surface area contributed by atoms with Crippen molar-refractivity contribution in [3.63, 3.8) is 0 Å². The van der Waals surface area contributed by atoms with Crippen LogP contribution in [0.5, 0.6) is 0 Å². The minimum atomic E-state index is -1.00. The monoisotopic (exact) mass is 521 g/mol. The molecule has 0 saturated carbocycles. The molecular formula is C18H25BrIN3O2. The van der Waals surface area contributed by atoms with Gasteiger partial charge in [-0.2, -0.15) is 0 Å². The largest absolute Gasteiger partial charge is 0.454 e. The molecule has 0 saturated heterocycles. The number of halogens is 2. The average molecular weight is 522 g/mol. The Labute approximate surface area is 174 Å². The van der Waals surface area contributed by atoms with Gasteiger partial charge in [0, 0.05) is 19.5 Å². The Hall–Kier alpha value is -1.06. The van der Waals surface area contributed by atoms with E-state index in [-0.39, 0.29) is 30.5 Å². The van der Waals surface area contributed by atoms with Gasteiger partial charge in [-0.15, -0.1) is 24.0 Å². The third kappa shape index (κ3) is 7.37. The number of guanidine groups is 1. The van der Waals surface area contributed by atoms with Crippen LogP contribution in [-0.4, -0.2) is 30.7 Å². The third-order valence-electron chi connectivity index (χ3n) is 3.58. The number of aliphatic imine (C=N–C) groups is 1. The second kappa shape index (κ2) is 10.8. The molecule has 0 aliphatic rings. The van der Waals surface area contributed by atoms with Gasteiger partial charge in [0.25, 0.3) is 0 Å². The molecule has 5 nitrogen and oxygen atoms in total. The van der Waals surface area contributed by atoms with Crippen LogP contribution in [0, 0.1) is 0 Å². The Balaban J connectivity index is 0.00000312. The van der Waals surface area contributed by atoms with Gasteiger partial charge in [0.05, 0.1) is 6.54 Å². The Kier molecular flexibility index (Phi) is 9.52. The summed E-state index contributed by atoms with van der Waals surface area (Å²) in [6, 6.07) is 13.4. The van der Waals surface area contributed by atoms with Gasteiger partial charge >= 0.3 is 0 Å². The molecule has 2 aromatic rings. The van der Waals surface area contributed by atoms with Crippen molar-refractivity contribution in [3.8, 4) is 0 Å².